The maximum atomic E-state index is 12.5. The number of hydrogen-bond acceptors (Lipinski definition) is 4. The Balaban J connectivity index is 1.66. The number of imide groups is 1. The maximum Gasteiger partial charge on any atom is 0.409 e. The van der Waals surface area contributed by atoms with Crippen molar-refractivity contribution in [3.63, 3.8) is 0 Å². The minimum Gasteiger partial charge on any atom is -0.445 e. The number of amides is 3. The van der Waals surface area contributed by atoms with Crippen molar-refractivity contribution in [2.75, 3.05) is 0 Å². The molecular formula is C19H18N2O4. The van der Waals surface area contributed by atoms with E-state index in [1.807, 2.05) is 30.3 Å². The van der Waals surface area contributed by atoms with E-state index in [0.29, 0.717) is 17.5 Å². The largest absolute Gasteiger partial charge is 0.445 e. The quantitative estimate of drug-likeness (QED) is 0.851. The van der Waals surface area contributed by atoms with Gasteiger partial charge in [0.2, 0.25) is 0 Å². The van der Waals surface area contributed by atoms with Crippen molar-refractivity contribution in [1.29, 1.82) is 0 Å². The van der Waals surface area contributed by atoms with Gasteiger partial charge in [-0.2, -0.15) is 0 Å². The molecule has 1 atom stereocenters. The molecule has 2 aromatic carbocycles. The van der Waals surface area contributed by atoms with Gasteiger partial charge in [0.15, 0.2) is 0 Å². The summed E-state index contributed by atoms with van der Waals surface area (Å²) in [5.41, 5.74) is 1.56. The molecule has 0 aromatic heterocycles. The Morgan fingerprint density at radius 2 is 1.56 bits per heavy atom. The summed E-state index contributed by atoms with van der Waals surface area (Å²) >= 11 is 0. The van der Waals surface area contributed by atoms with Crippen LogP contribution in [0.4, 0.5) is 4.79 Å². The third kappa shape index (κ3) is 3.38. The van der Waals surface area contributed by atoms with Crippen molar-refractivity contribution in [2.24, 2.45) is 0 Å². The van der Waals surface area contributed by atoms with Gasteiger partial charge in [-0.25, -0.2) is 4.79 Å². The van der Waals surface area contributed by atoms with Crippen molar-refractivity contribution in [2.45, 2.75) is 26.1 Å². The average molecular weight is 338 g/mol. The van der Waals surface area contributed by atoms with Gasteiger partial charge >= 0.3 is 6.09 Å². The van der Waals surface area contributed by atoms with E-state index in [2.05, 4.69) is 5.32 Å². The van der Waals surface area contributed by atoms with Crippen LogP contribution in [0.3, 0.4) is 0 Å². The van der Waals surface area contributed by atoms with Gasteiger partial charge < -0.3 is 10.1 Å². The van der Waals surface area contributed by atoms with Crippen molar-refractivity contribution in [3.05, 3.63) is 71.3 Å². The molecule has 0 fully saturated rings. The lowest BCUT2D eigenvalue weighted by Crippen LogP contribution is -2.50. The molecule has 2 aromatic rings. The zero-order valence-electron chi connectivity index (χ0n) is 13.8. The van der Waals surface area contributed by atoms with Crippen molar-refractivity contribution in [3.8, 4) is 0 Å². The summed E-state index contributed by atoms with van der Waals surface area (Å²) in [6.07, 6.45) is -1.05. The van der Waals surface area contributed by atoms with Gasteiger partial charge in [-0.15, -0.1) is 0 Å². The molecule has 0 saturated carbocycles. The van der Waals surface area contributed by atoms with Gasteiger partial charge in [-0.1, -0.05) is 49.4 Å². The van der Waals surface area contributed by atoms with Crippen LogP contribution in [0.1, 0.15) is 39.6 Å². The lowest BCUT2D eigenvalue weighted by molar-refractivity contribution is 0.0536. The molecule has 1 N–H and O–H groups in total. The Morgan fingerprint density at radius 3 is 2.12 bits per heavy atom. The maximum absolute atomic E-state index is 12.5. The van der Waals surface area contributed by atoms with Crippen molar-refractivity contribution >= 4 is 17.9 Å². The van der Waals surface area contributed by atoms with Crippen LogP contribution in [0, 0.1) is 0 Å². The summed E-state index contributed by atoms with van der Waals surface area (Å²) in [6, 6.07) is 15.9. The number of nitrogens with one attached hydrogen (secondary N) is 1. The molecule has 6 heteroatoms. The van der Waals surface area contributed by atoms with Crippen LogP contribution >= 0.6 is 0 Å². The third-order valence-corrected chi connectivity index (χ3v) is 4.02. The van der Waals surface area contributed by atoms with E-state index in [4.69, 9.17) is 4.74 Å². The number of rotatable bonds is 5. The number of hydrogen-bond donors (Lipinski definition) is 1. The number of carbonyl (C=O) groups is 3. The number of nitrogens with zero attached hydrogens (tertiary/aromatic N) is 1. The lowest BCUT2D eigenvalue weighted by Gasteiger charge is -2.25. The minimum absolute atomic E-state index is 0.116. The lowest BCUT2D eigenvalue weighted by atomic mass is 10.1. The molecule has 1 unspecified atom stereocenters. The predicted octanol–water partition coefficient (Wildman–Crippen LogP) is 2.95. The monoisotopic (exact) mass is 338 g/mol. The Morgan fingerprint density at radius 1 is 1.00 bits per heavy atom. The molecule has 3 amide bonds. The fourth-order valence-corrected chi connectivity index (χ4v) is 2.74. The van der Waals surface area contributed by atoms with Gasteiger partial charge in [-0.05, 0) is 24.1 Å². The first kappa shape index (κ1) is 16.7. The number of alkyl carbamates (subject to hydrolysis) is 1. The van der Waals surface area contributed by atoms with Gasteiger partial charge in [0, 0.05) is 0 Å². The first-order chi connectivity index (χ1) is 12.1. The summed E-state index contributed by atoms with van der Waals surface area (Å²) in [5.74, 6) is -0.813. The van der Waals surface area contributed by atoms with E-state index < -0.39 is 24.1 Å². The van der Waals surface area contributed by atoms with Crippen LogP contribution in [0.25, 0.3) is 0 Å². The van der Waals surface area contributed by atoms with E-state index in [0.717, 1.165) is 10.5 Å². The SMILES string of the molecule is CCC(NC(=O)OCc1ccccc1)N1C(=O)c2ccccc2C1=O. The van der Waals surface area contributed by atoms with Crippen LogP contribution in [0.2, 0.25) is 0 Å². The van der Waals surface area contributed by atoms with Crippen molar-refractivity contribution < 1.29 is 19.1 Å². The Hall–Kier alpha value is -3.15. The van der Waals surface area contributed by atoms with Crippen LogP contribution in [-0.2, 0) is 11.3 Å². The highest BCUT2D eigenvalue weighted by Crippen LogP contribution is 2.24. The van der Waals surface area contributed by atoms with E-state index >= 15 is 0 Å². The zero-order chi connectivity index (χ0) is 17.8. The highest BCUT2D eigenvalue weighted by Gasteiger charge is 2.39. The van der Waals surface area contributed by atoms with Crippen LogP contribution in [-0.4, -0.2) is 29.0 Å². The number of benzene rings is 2. The average Bonchev–Trinajstić information content (AvgIpc) is 2.90. The smallest absolute Gasteiger partial charge is 0.409 e. The molecule has 1 aliphatic rings. The summed E-state index contributed by atoms with van der Waals surface area (Å²) in [5, 5.41) is 2.60. The fraction of sp³-hybridized carbons (Fsp3) is 0.211. The van der Waals surface area contributed by atoms with Gasteiger partial charge in [0.05, 0.1) is 11.1 Å². The Bertz CT molecular complexity index is 769. The number of carbonyl (C=O) groups excluding carboxylic acids is 3. The highest BCUT2D eigenvalue weighted by molar-refractivity contribution is 6.21. The van der Waals surface area contributed by atoms with Crippen LogP contribution in [0.5, 0.6) is 0 Å². The number of ether oxygens (including phenoxy) is 1. The van der Waals surface area contributed by atoms with Gasteiger partial charge in [-0.3, -0.25) is 14.5 Å². The molecule has 1 aliphatic heterocycles. The predicted molar refractivity (Wildman–Crippen MR) is 90.8 cm³/mol. The van der Waals surface area contributed by atoms with Gasteiger partial charge in [0.25, 0.3) is 11.8 Å². The molecule has 0 bridgehead atoms. The first-order valence-electron chi connectivity index (χ1n) is 8.06. The topological polar surface area (TPSA) is 75.7 Å². The first-order valence-corrected chi connectivity index (χ1v) is 8.06. The van der Waals surface area contributed by atoms with E-state index in [-0.39, 0.29) is 6.61 Å². The molecule has 0 aliphatic carbocycles. The summed E-state index contributed by atoms with van der Waals surface area (Å²) in [4.78, 5) is 38.1. The standard InChI is InChI=1S/C19H18N2O4/c1-2-16(20-19(24)25-12-13-8-4-3-5-9-13)21-17(22)14-10-6-7-11-15(14)18(21)23/h3-11,16H,2,12H2,1H3,(H,20,24). The second kappa shape index (κ2) is 7.17. The Labute approximate surface area is 145 Å². The van der Waals surface area contributed by atoms with Crippen LogP contribution in [0.15, 0.2) is 54.6 Å². The second-order valence-electron chi connectivity index (χ2n) is 5.66. The molecule has 0 radical (unpaired) electrons. The summed E-state index contributed by atoms with van der Waals surface area (Å²) in [7, 11) is 0. The molecule has 25 heavy (non-hydrogen) atoms. The molecule has 0 spiro atoms. The normalized spacial score (nSPS) is 14.2. The Kier molecular flexibility index (Phi) is 4.79. The fourth-order valence-electron chi connectivity index (χ4n) is 2.74. The van der Waals surface area contributed by atoms with Crippen molar-refractivity contribution in [1.82, 2.24) is 10.2 Å². The summed E-state index contributed by atoms with van der Waals surface area (Å²) < 4.78 is 5.17. The minimum atomic E-state index is -0.754. The molecule has 6 nitrogen and oxygen atoms in total. The second-order valence-corrected chi connectivity index (χ2v) is 5.66. The van der Waals surface area contributed by atoms with Gasteiger partial charge in [0.1, 0.15) is 12.8 Å². The zero-order valence-corrected chi connectivity index (χ0v) is 13.8. The molecule has 3 rings (SSSR count). The molecule has 0 saturated heterocycles. The molecule has 1 heterocycles. The van der Waals surface area contributed by atoms with Crippen LogP contribution < -0.4 is 5.32 Å². The van der Waals surface area contributed by atoms with E-state index in [1.54, 1.807) is 31.2 Å². The molecule has 128 valence electrons. The van der Waals surface area contributed by atoms with E-state index in [9.17, 15) is 14.4 Å². The summed E-state index contributed by atoms with van der Waals surface area (Å²) in [6.45, 7) is 1.90. The highest BCUT2D eigenvalue weighted by atomic mass is 16.5. The van der Waals surface area contributed by atoms with E-state index in [1.165, 1.54) is 0 Å². The molecular weight excluding hydrogens is 320 g/mol. The number of fused-ring (bicyclic) bond motifs is 1. The third-order valence-electron chi connectivity index (χ3n) is 4.02.